The van der Waals surface area contributed by atoms with Gasteiger partial charge in [-0.1, -0.05) is 23.7 Å². The summed E-state index contributed by atoms with van der Waals surface area (Å²) in [7, 11) is 0. The van der Waals surface area contributed by atoms with Gasteiger partial charge >= 0.3 is 0 Å². The Morgan fingerprint density at radius 3 is 2.74 bits per heavy atom. The maximum absolute atomic E-state index is 12.4. The van der Waals surface area contributed by atoms with Crippen molar-refractivity contribution in [2.24, 2.45) is 5.92 Å². The Bertz CT molecular complexity index is 647. The number of piperidine rings is 1. The highest BCUT2D eigenvalue weighted by Crippen LogP contribution is 2.20. The number of halogens is 1. The molecule has 1 aliphatic heterocycles. The second-order valence-corrected chi connectivity index (χ2v) is 6.11. The van der Waals surface area contributed by atoms with Crippen molar-refractivity contribution in [2.75, 3.05) is 18.0 Å². The van der Waals surface area contributed by atoms with Crippen LogP contribution in [0.25, 0.3) is 0 Å². The molecule has 3 rings (SSSR count). The van der Waals surface area contributed by atoms with E-state index in [0.717, 1.165) is 24.9 Å². The normalized spacial score (nSPS) is 17.8. The van der Waals surface area contributed by atoms with Gasteiger partial charge in [-0.15, -0.1) is 0 Å². The summed E-state index contributed by atoms with van der Waals surface area (Å²) in [6.45, 7) is 2.08. The quantitative estimate of drug-likeness (QED) is 0.936. The first-order chi connectivity index (χ1) is 11.2. The fourth-order valence-electron chi connectivity index (χ4n) is 2.76. The minimum atomic E-state index is -0.0279. The van der Waals surface area contributed by atoms with E-state index < -0.39 is 0 Å². The highest BCUT2D eigenvalue weighted by atomic mass is 35.5. The summed E-state index contributed by atoms with van der Waals surface area (Å²) in [5, 5.41) is 3.71. The van der Waals surface area contributed by atoms with E-state index in [-0.39, 0.29) is 11.8 Å². The van der Waals surface area contributed by atoms with Crippen molar-refractivity contribution in [1.29, 1.82) is 0 Å². The van der Waals surface area contributed by atoms with Gasteiger partial charge in [0.15, 0.2) is 0 Å². The summed E-state index contributed by atoms with van der Waals surface area (Å²) < 4.78 is 0. The van der Waals surface area contributed by atoms with E-state index in [1.807, 2.05) is 24.3 Å². The van der Waals surface area contributed by atoms with Crippen molar-refractivity contribution in [2.45, 2.75) is 19.4 Å². The number of carbonyl (C=O) groups is 1. The third kappa shape index (κ3) is 4.20. The number of carbonyl (C=O) groups excluding carboxylic acids is 1. The third-order valence-electron chi connectivity index (χ3n) is 4.01. The summed E-state index contributed by atoms with van der Waals surface area (Å²) >= 11 is 5.87. The molecule has 2 aromatic rings. The van der Waals surface area contributed by atoms with Crippen molar-refractivity contribution in [3.05, 3.63) is 53.3 Å². The number of nitrogens with one attached hydrogen (secondary N) is 1. The molecule has 6 heteroatoms. The van der Waals surface area contributed by atoms with Gasteiger partial charge in [0.1, 0.15) is 0 Å². The van der Waals surface area contributed by atoms with Crippen molar-refractivity contribution in [3.8, 4) is 0 Å². The molecule has 0 spiro atoms. The summed E-state index contributed by atoms with van der Waals surface area (Å²) in [4.78, 5) is 23.0. The predicted molar refractivity (Wildman–Crippen MR) is 90.3 cm³/mol. The summed E-state index contributed by atoms with van der Waals surface area (Å²) in [5.74, 6) is 0.753. The van der Waals surface area contributed by atoms with Gasteiger partial charge in [0.2, 0.25) is 11.9 Å². The lowest BCUT2D eigenvalue weighted by Crippen LogP contribution is -2.43. The third-order valence-corrected chi connectivity index (χ3v) is 4.26. The number of aromatic nitrogens is 2. The molecule has 0 aliphatic carbocycles. The molecular formula is C17H19ClN4O. The molecule has 1 aromatic carbocycles. The molecular weight excluding hydrogens is 312 g/mol. The van der Waals surface area contributed by atoms with Crippen molar-refractivity contribution in [3.63, 3.8) is 0 Å². The number of anilines is 1. The minimum Gasteiger partial charge on any atom is -0.352 e. The Morgan fingerprint density at radius 2 is 2.00 bits per heavy atom. The lowest BCUT2D eigenvalue weighted by atomic mass is 9.97. The van der Waals surface area contributed by atoms with Gasteiger partial charge in [-0.2, -0.15) is 0 Å². The molecule has 1 aliphatic rings. The van der Waals surface area contributed by atoms with Crippen LogP contribution in [0.3, 0.4) is 0 Å². The Balaban J connectivity index is 1.55. The van der Waals surface area contributed by atoms with Crippen LogP contribution in [0.2, 0.25) is 5.02 Å². The number of benzene rings is 1. The van der Waals surface area contributed by atoms with Gasteiger partial charge in [-0.05, 0) is 36.6 Å². The Labute approximate surface area is 140 Å². The van der Waals surface area contributed by atoms with Gasteiger partial charge < -0.3 is 10.2 Å². The van der Waals surface area contributed by atoms with Crippen LogP contribution in [0.1, 0.15) is 18.4 Å². The van der Waals surface area contributed by atoms with E-state index in [9.17, 15) is 4.79 Å². The molecule has 0 unspecified atom stereocenters. The summed E-state index contributed by atoms with van der Waals surface area (Å²) in [6, 6.07) is 9.31. The average Bonchev–Trinajstić information content (AvgIpc) is 2.62. The molecule has 1 saturated heterocycles. The van der Waals surface area contributed by atoms with Gasteiger partial charge in [-0.3, -0.25) is 4.79 Å². The SMILES string of the molecule is O=C(NCc1ccc(Cl)cc1)[C@H]1CCCN(c2ncccn2)C1. The first-order valence-electron chi connectivity index (χ1n) is 7.76. The second-order valence-electron chi connectivity index (χ2n) is 5.68. The maximum Gasteiger partial charge on any atom is 0.225 e. The molecule has 23 heavy (non-hydrogen) atoms. The molecule has 1 aromatic heterocycles. The standard InChI is InChI=1S/C17H19ClN4O/c18-15-6-4-13(5-7-15)11-21-16(23)14-3-1-10-22(12-14)17-19-8-2-9-20-17/h2,4-9,14H,1,3,10-12H2,(H,21,23)/t14-/m0/s1. The summed E-state index contributed by atoms with van der Waals surface area (Å²) in [6.07, 6.45) is 5.33. The predicted octanol–water partition coefficient (Wildman–Crippen LogP) is 2.66. The van der Waals surface area contributed by atoms with Crippen molar-refractivity contribution < 1.29 is 4.79 Å². The Morgan fingerprint density at radius 1 is 1.26 bits per heavy atom. The van der Waals surface area contributed by atoms with Crippen molar-refractivity contribution >= 4 is 23.5 Å². The largest absolute Gasteiger partial charge is 0.352 e. The second kappa shape index (κ2) is 7.42. The van der Waals surface area contributed by atoms with Crippen LogP contribution in [0.4, 0.5) is 5.95 Å². The Hall–Kier alpha value is -2.14. The molecule has 1 atom stereocenters. The number of nitrogens with zero attached hydrogens (tertiary/aromatic N) is 3. The molecule has 1 N–H and O–H groups in total. The topological polar surface area (TPSA) is 58.1 Å². The zero-order valence-corrected chi connectivity index (χ0v) is 13.5. The minimum absolute atomic E-state index is 0.0279. The molecule has 2 heterocycles. The van der Waals surface area contributed by atoms with E-state index in [2.05, 4.69) is 20.2 Å². The number of amides is 1. The molecule has 0 radical (unpaired) electrons. The van der Waals surface area contributed by atoms with Gasteiger partial charge in [0, 0.05) is 37.1 Å². The zero-order valence-electron chi connectivity index (χ0n) is 12.8. The molecule has 0 saturated carbocycles. The first kappa shape index (κ1) is 15.7. The highest BCUT2D eigenvalue weighted by molar-refractivity contribution is 6.30. The van der Waals surface area contributed by atoms with E-state index in [1.165, 1.54) is 0 Å². The monoisotopic (exact) mass is 330 g/mol. The maximum atomic E-state index is 12.4. The van der Waals surface area contributed by atoms with E-state index in [0.29, 0.717) is 24.1 Å². The van der Waals surface area contributed by atoms with Crippen LogP contribution < -0.4 is 10.2 Å². The van der Waals surface area contributed by atoms with E-state index >= 15 is 0 Å². The number of hydrogen-bond acceptors (Lipinski definition) is 4. The molecule has 0 bridgehead atoms. The number of rotatable bonds is 4. The van der Waals surface area contributed by atoms with Crippen molar-refractivity contribution in [1.82, 2.24) is 15.3 Å². The molecule has 1 amide bonds. The van der Waals surface area contributed by atoms with Crippen LogP contribution in [-0.4, -0.2) is 29.0 Å². The fourth-order valence-corrected chi connectivity index (χ4v) is 2.89. The lowest BCUT2D eigenvalue weighted by Gasteiger charge is -2.31. The molecule has 5 nitrogen and oxygen atoms in total. The highest BCUT2D eigenvalue weighted by Gasteiger charge is 2.26. The number of hydrogen-bond donors (Lipinski definition) is 1. The van der Waals surface area contributed by atoms with E-state index in [1.54, 1.807) is 18.5 Å². The zero-order chi connectivity index (χ0) is 16.1. The smallest absolute Gasteiger partial charge is 0.225 e. The Kier molecular flexibility index (Phi) is 5.08. The van der Waals surface area contributed by atoms with Crippen LogP contribution in [0.5, 0.6) is 0 Å². The van der Waals surface area contributed by atoms with Crippen LogP contribution in [-0.2, 0) is 11.3 Å². The molecule has 120 valence electrons. The molecule has 1 fully saturated rings. The first-order valence-corrected chi connectivity index (χ1v) is 8.14. The lowest BCUT2D eigenvalue weighted by molar-refractivity contribution is -0.125. The van der Waals surface area contributed by atoms with Gasteiger partial charge in [0.25, 0.3) is 0 Å². The van der Waals surface area contributed by atoms with Crippen LogP contribution in [0.15, 0.2) is 42.7 Å². The summed E-state index contributed by atoms with van der Waals surface area (Å²) in [5.41, 5.74) is 1.04. The van der Waals surface area contributed by atoms with E-state index in [4.69, 9.17) is 11.6 Å². The van der Waals surface area contributed by atoms with Gasteiger partial charge in [0.05, 0.1) is 5.92 Å². The van der Waals surface area contributed by atoms with Crippen LogP contribution in [0, 0.1) is 5.92 Å². The fraction of sp³-hybridized carbons (Fsp3) is 0.353. The average molecular weight is 331 g/mol. The van der Waals surface area contributed by atoms with Crippen LogP contribution >= 0.6 is 11.6 Å². The van der Waals surface area contributed by atoms with Gasteiger partial charge in [-0.25, -0.2) is 9.97 Å².